The fourth-order valence-corrected chi connectivity index (χ4v) is 2.18. The van der Waals surface area contributed by atoms with Crippen molar-refractivity contribution in [2.75, 3.05) is 6.26 Å². The minimum absolute atomic E-state index is 0.157. The van der Waals surface area contributed by atoms with Crippen LogP contribution in [0.2, 0.25) is 0 Å². The Morgan fingerprint density at radius 3 is 2.86 bits per heavy atom. The third-order valence-corrected chi connectivity index (χ3v) is 3.74. The zero-order chi connectivity index (χ0) is 10.2. The molecule has 1 aromatic heterocycles. The molecule has 0 saturated heterocycles. The molecule has 3 nitrogen and oxygen atoms in total. The normalized spacial score (nSPS) is 18.5. The molecule has 1 aromatic rings. The van der Waals surface area contributed by atoms with E-state index in [1.165, 1.54) is 18.5 Å². The first-order valence-corrected chi connectivity index (χ1v) is 6.20. The zero-order valence-electron chi connectivity index (χ0n) is 8.79. The molecule has 2 rings (SSSR count). The van der Waals surface area contributed by atoms with Crippen molar-refractivity contribution in [3.05, 3.63) is 11.9 Å². The van der Waals surface area contributed by atoms with E-state index in [9.17, 15) is 0 Å². The molecule has 1 heterocycles. The Labute approximate surface area is 89.1 Å². The summed E-state index contributed by atoms with van der Waals surface area (Å²) in [6.07, 6.45) is 8.57. The summed E-state index contributed by atoms with van der Waals surface area (Å²) >= 11 is 1.69. The number of hydrogen-bond donors (Lipinski definition) is 1. The van der Waals surface area contributed by atoms with Crippen molar-refractivity contribution in [1.82, 2.24) is 9.55 Å². The Bertz CT molecular complexity index is 328. The fraction of sp³-hybridized carbons (Fsp3) is 0.700. The number of thioether (sulfide) groups is 1. The first kappa shape index (κ1) is 10.1. The van der Waals surface area contributed by atoms with Gasteiger partial charge in [-0.05, 0) is 31.9 Å². The van der Waals surface area contributed by atoms with Crippen LogP contribution in [0.5, 0.6) is 0 Å². The molecule has 1 aliphatic carbocycles. The van der Waals surface area contributed by atoms with Crippen molar-refractivity contribution >= 4 is 11.8 Å². The van der Waals surface area contributed by atoms with Crippen molar-refractivity contribution in [2.24, 2.45) is 12.8 Å². The highest BCUT2D eigenvalue weighted by atomic mass is 32.2. The van der Waals surface area contributed by atoms with E-state index in [-0.39, 0.29) is 5.54 Å². The third-order valence-electron chi connectivity index (χ3n) is 3.00. The van der Waals surface area contributed by atoms with Gasteiger partial charge in [-0.1, -0.05) is 11.8 Å². The summed E-state index contributed by atoms with van der Waals surface area (Å²) in [6.45, 7) is 0. The lowest BCUT2D eigenvalue weighted by Crippen LogP contribution is -2.22. The number of hydrogen-bond acceptors (Lipinski definition) is 3. The van der Waals surface area contributed by atoms with Gasteiger partial charge in [-0.2, -0.15) is 0 Å². The lowest BCUT2D eigenvalue weighted by molar-refractivity contribution is 0.588. The van der Waals surface area contributed by atoms with Crippen LogP contribution in [0.15, 0.2) is 11.4 Å². The minimum Gasteiger partial charge on any atom is -0.326 e. The van der Waals surface area contributed by atoms with E-state index in [2.05, 4.69) is 22.9 Å². The third kappa shape index (κ3) is 1.96. The summed E-state index contributed by atoms with van der Waals surface area (Å²) in [5.41, 5.74) is 7.50. The van der Waals surface area contributed by atoms with E-state index < -0.39 is 0 Å². The molecule has 0 aromatic carbocycles. The Morgan fingerprint density at radius 2 is 2.36 bits per heavy atom. The molecular formula is C10H17N3S. The number of aryl methyl sites for hydroxylation is 1. The average Bonchev–Trinajstić information content (AvgIpc) is 2.79. The summed E-state index contributed by atoms with van der Waals surface area (Å²) < 4.78 is 2.16. The molecule has 0 bridgehead atoms. The summed E-state index contributed by atoms with van der Waals surface area (Å²) in [7, 11) is 2.07. The van der Waals surface area contributed by atoms with Crippen LogP contribution in [-0.2, 0) is 13.5 Å². The van der Waals surface area contributed by atoms with Crippen molar-refractivity contribution in [3.63, 3.8) is 0 Å². The molecular weight excluding hydrogens is 194 g/mol. The molecule has 0 radical (unpaired) electrons. The Kier molecular flexibility index (Phi) is 2.58. The predicted octanol–water partition coefficient (Wildman–Crippen LogP) is 1.57. The lowest BCUT2D eigenvalue weighted by Gasteiger charge is -2.08. The highest BCUT2D eigenvalue weighted by molar-refractivity contribution is 7.98. The summed E-state index contributed by atoms with van der Waals surface area (Å²) in [4.78, 5) is 4.34. The van der Waals surface area contributed by atoms with Crippen LogP contribution in [0.4, 0.5) is 0 Å². The Hall–Kier alpha value is -0.480. The van der Waals surface area contributed by atoms with Gasteiger partial charge >= 0.3 is 0 Å². The second kappa shape index (κ2) is 3.59. The van der Waals surface area contributed by atoms with Crippen molar-refractivity contribution < 1.29 is 0 Å². The first-order valence-electron chi connectivity index (χ1n) is 4.98. The van der Waals surface area contributed by atoms with Crippen LogP contribution in [0.1, 0.15) is 25.0 Å². The summed E-state index contributed by atoms with van der Waals surface area (Å²) in [5, 5.41) is 1.09. The summed E-state index contributed by atoms with van der Waals surface area (Å²) in [5.74, 6) is 0. The van der Waals surface area contributed by atoms with E-state index in [0.717, 1.165) is 18.0 Å². The van der Waals surface area contributed by atoms with Crippen LogP contribution in [-0.4, -0.2) is 21.3 Å². The standard InChI is InChI=1S/C10H17N3S/c1-13-8(7-12-9(13)14-2)3-4-10(11)5-6-10/h7H,3-6,11H2,1-2H3. The fourth-order valence-electron chi connectivity index (χ4n) is 1.64. The van der Waals surface area contributed by atoms with Crippen LogP contribution < -0.4 is 5.73 Å². The van der Waals surface area contributed by atoms with E-state index in [1.54, 1.807) is 11.8 Å². The number of rotatable bonds is 4. The molecule has 2 N–H and O–H groups in total. The van der Waals surface area contributed by atoms with Gasteiger partial charge in [0, 0.05) is 24.5 Å². The topological polar surface area (TPSA) is 43.8 Å². The van der Waals surface area contributed by atoms with E-state index in [1.807, 2.05) is 6.20 Å². The molecule has 14 heavy (non-hydrogen) atoms. The van der Waals surface area contributed by atoms with Gasteiger partial charge in [0.25, 0.3) is 0 Å². The van der Waals surface area contributed by atoms with E-state index in [0.29, 0.717) is 0 Å². The van der Waals surface area contributed by atoms with Crippen molar-refractivity contribution in [1.29, 1.82) is 0 Å². The molecule has 1 aliphatic rings. The Balaban J connectivity index is 1.98. The maximum Gasteiger partial charge on any atom is 0.167 e. The highest BCUT2D eigenvalue weighted by Crippen LogP contribution is 2.36. The molecule has 4 heteroatoms. The minimum atomic E-state index is 0.157. The highest BCUT2D eigenvalue weighted by Gasteiger charge is 2.37. The van der Waals surface area contributed by atoms with Crippen LogP contribution in [0, 0.1) is 0 Å². The summed E-state index contributed by atoms with van der Waals surface area (Å²) in [6, 6.07) is 0. The second-order valence-corrected chi connectivity index (χ2v) is 4.93. The van der Waals surface area contributed by atoms with Crippen molar-refractivity contribution in [2.45, 2.75) is 36.4 Å². The van der Waals surface area contributed by atoms with Crippen LogP contribution in [0.3, 0.4) is 0 Å². The van der Waals surface area contributed by atoms with Gasteiger partial charge in [-0.25, -0.2) is 4.98 Å². The Morgan fingerprint density at radius 1 is 1.64 bits per heavy atom. The van der Waals surface area contributed by atoms with Gasteiger partial charge in [0.15, 0.2) is 5.16 Å². The smallest absolute Gasteiger partial charge is 0.167 e. The number of aromatic nitrogens is 2. The van der Waals surface area contributed by atoms with Gasteiger partial charge in [0.1, 0.15) is 0 Å². The van der Waals surface area contributed by atoms with E-state index in [4.69, 9.17) is 5.73 Å². The molecule has 0 spiro atoms. The van der Waals surface area contributed by atoms with E-state index >= 15 is 0 Å². The monoisotopic (exact) mass is 211 g/mol. The number of imidazole rings is 1. The maximum atomic E-state index is 6.05. The number of nitrogens with two attached hydrogens (primary N) is 1. The van der Waals surface area contributed by atoms with Crippen molar-refractivity contribution in [3.8, 4) is 0 Å². The molecule has 0 unspecified atom stereocenters. The van der Waals surface area contributed by atoms with Gasteiger partial charge < -0.3 is 10.3 Å². The van der Waals surface area contributed by atoms with Gasteiger partial charge in [0.2, 0.25) is 0 Å². The maximum absolute atomic E-state index is 6.05. The number of nitrogens with zero attached hydrogens (tertiary/aromatic N) is 2. The second-order valence-electron chi connectivity index (χ2n) is 4.16. The molecule has 0 atom stereocenters. The molecule has 0 aliphatic heterocycles. The molecule has 78 valence electrons. The predicted molar refractivity (Wildman–Crippen MR) is 59.5 cm³/mol. The van der Waals surface area contributed by atoms with Gasteiger partial charge in [0.05, 0.1) is 0 Å². The SMILES string of the molecule is CSc1ncc(CCC2(N)CC2)n1C. The first-order chi connectivity index (χ1) is 6.64. The largest absolute Gasteiger partial charge is 0.326 e. The molecule has 0 amide bonds. The van der Waals surface area contributed by atoms with Gasteiger partial charge in [-0.15, -0.1) is 0 Å². The molecule has 1 saturated carbocycles. The van der Waals surface area contributed by atoms with Gasteiger partial charge in [-0.3, -0.25) is 0 Å². The molecule has 1 fully saturated rings. The lowest BCUT2D eigenvalue weighted by atomic mass is 10.1. The van der Waals surface area contributed by atoms with Crippen LogP contribution >= 0.6 is 11.8 Å². The quantitative estimate of drug-likeness (QED) is 0.769. The van der Waals surface area contributed by atoms with Crippen LogP contribution in [0.25, 0.3) is 0 Å². The zero-order valence-corrected chi connectivity index (χ0v) is 9.60. The average molecular weight is 211 g/mol.